The third kappa shape index (κ3) is 4.00. The number of halogens is 1. The zero-order valence-electron chi connectivity index (χ0n) is 11.2. The Balaban J connectivity index is 2.67. The first-order valence-electron chi connectivity index (χ1n) is 6.14. The first-order valence-corrected chi connectivity index (χ1v) is 6.51. The first-order chi connectivity index (χ1) is 8.34. The van der Waals surface area contributed by atoms with Gasteiger partial charge < -0.3 is 11.1 Å². The molecule has 1 rings (SSSR count). The molecule has 0 spiro atoms. The Morgan fingerprint density at radius 3 is 2.44 bits per heavy atom. The Morgan fingerprint density at radius 1 is 1.39 bits per heavy atom. The van der Waals surface area contributed by atoms with Gasteiger partial charge in [0.25, 0.3) is 0 Å². The van der Waals surface area contributed by atoms with Crippen molar-refractivity contribution in [3.8, 4) is 0 Å². The van der Waals surface area contributed by atoms with Crippen LogP contribution in [-0.4, -0.2) is 18.5 Å². The number of carbonyl (C=O) groups is 1. The minimum Gasteiger partial charge on any atom is -0.355 e. The number of carbonyl (C=O) groups excluding carboxylic acids is 1. The average molecular weight is 269 g/mol. The van der Waals surface area contributed by atoms with Gasteiger partial charge in [-0.2, -0.15) is 0 Å². The van der Waals surface area contributed by atoms with E-state index in [1.54, 1.807) is 12.1 Å². The third-order valence-corrected chi connectivity index (χ3v) is 3.27. The van der Waals surface area contributed by atoms with E-state index < -0.39 is 5.41 Å². The molecule has 3 N–H and O–H groups in total. The van der Waals surface area contributed by atoms with Crippen LogP contribution >= 0.6 is 11.6 Å². The summed E-state index contributed by atoms with van der Waals surface area (Å²) in [6.45, 7) is 6.33. The van der Waals surface area contributed by atoms with Gasteiger partial charge in [-0.1, -0.05) is 23.7 Å². The molecule has 1 aromatic rings. The van der Waals surface area contributed by atoms with Crippen LogP contribution in [0.1, 0.15) is 32.8 Å². The number of benzene rings is 1. The molecule has 1 unspecified atom stereocenters. The van der Waals surface area contributed by atoms with Gasteiger partial charge in [-0.3, -0.25) is 4.79 Å². The van der Waals surface area contributed by atoms with Crippen molar-refractivity contribution >= 4 is 17.5 Å². The van der Waals surface area contributed by atoms with Gasteiger partial charge in [-0.05, 0) is 44.9 Å². The van der Waals surface area contributed by atoms with Crippen LogP contribution in [0, 0.1) is 0 Å². The van der Waals surface area contributed by atoms with E-state index in [4.69, 9.17) is 17.3 Å². The molecule has 0 radical (unpaired) electrons. The smallest absolute Gasteiger partial charge is 0.230 e. The van der Waals surface area contributed by atoms with E-state index in [1.165, 1.54) is 0 Å². The predicted octanol–water partition coefficient (Wildman–Crippen LogP) is 2.47. The van der Waals surface area contributed by atoms with Gasteiger partial charge in [0, 0.05) is 17.6 Å². The highest BCUT2D eigenvalue weighted by Crippen LogP contribution is 2.24. The number of amides is 1. The van der Waals surface area contributed by atoms with Crippen molar-refractivity contribution < 1.29 is 4.79 Å². The Bertz CT molecular complexity index is 399. The van der Waals surface area contributed by atoms with Gasteiger partial charge in [-0.25, -0.2) is 0 Å². The molecule has 0 fully saturated rings. The van der Waals surface area contributed by atoms with Crippen LogP contribution < -0.4 is 11.1 Å². The zero-order valence-corrected chi connectivity index (χ0v) is 11.9. The van der Waals surface area contributed by atoms with E-state index in [0.717, 1.165) is 12.0 Å². The molecule has 0 aromatic heterocycles. The van der Waals surface area contributed by atoms with Gasteiger partial charge in [0.15, 0.2) is 0 Å². The number of nitrogens with two attached hydrogens (primary N) is 1. The molecule has 0 saturated heterocycles. The van der Waals surface area contributed by atoms with Crippen LogP contribution in [-0.2, 0) is 10.2 Å². The SMILES string of the molecule is CC(N)CCNC(=O)C(C)(C)c1ccc(Cl)cc1. The minimum atomic E-state index is -0.567. The monoisotopic (exact) mass is 268 g/mol. The van der Waals surface area contributed by atoms with E-state index in [9.17, 15) is 4.79 Å². The molecule has 4 heteroatoms. The molecule has 1 atom stereocenters. The average Bonchev–Trinajstić information content (AvgIpc) is 2.28. The number of nitrogens with one attached hydrogen (secondary N) is 1. The largest absolute Gasteiger partial charge is 0.355 e. The summed E-state index contributed by atoms with van der Waals surface area (Å²) in [5.74, 6) is 0.00507. The second kappa shape index (κ2) is 6.21. The molecular formula is C14H21ClN2O. The summed E-state index contributed by atoms with van der Waals surface area (Å²) in [4.78, 5) is 12.1. The highest BCUT2D eigenvalue weighted by molar-refractivity contribution is 6.30. The second-order valence-electron chi connectivity index (χ2n) is 5.15. The van der Waals surface area contributed by atoms with Gasteiger partial charge in [0.05, 0.1) is 5.41 Å². The molecule has 0 aliphatic heterocycles. The van der Waals surface area contributed by atoms with E-state index in [-0.39, 0.29) is 11.9 Å². The fraction of sp³-hybridized carbons (Fsp3) is 0.500. The van der Waals surface area contributed by atoms with E-state index in [0.29, 0.717) is 11.6 Å². The predicted molar refractivity (Wildman–Crippen MR) is 75.8 cm³/mol. The lowest BCUT2D eigenvalue weighted by Crippen LogP contribution is -2.41. The maximum absolute atomic E-state index is 12.1. The van der Waals surface area contributed by atoms with Crippen LogP contribution in [0.4, 0.5) is 0 Å². The maximum Gasteiger partial charge on any atom is 0.230 e. The second-order valence-corrected chi connectivity index (χ2v) is 5.59. The van der Waals surface area contributed by atoms with Gasteiger partial charge in [0.2, 0.25) is 5.91 Å². The van der Waals surface area contributed by atoms with E-state index in [1.807, 2.05) is 32.9 Å². The van der Waals surface area contributed by atoms with Gasteiger partial charge in [-0.15, -0.1) is 0 Å². The lowest BCUT2D eigenvalue weighted by molar-refractivity contribution is -0.125. The zero-order chi connectivity index (χ0) is 13.8. The summed E-state index contributed by atoms with van der Waals surface area (Å²) in [5, 5.41) is 3.59. The third-order valence-electron chi connectivity index (χ3n) is 3.02. The van der Waals surface area contributed by atoms with Crippen LogP contribution in [0.15, 0.2) is 24.3 Å². The van der Waals surface area contributed by atoms with E-state index in [2.05, 4.69) is 5.32 Å². The maximum atomic E-state index is 12.1. The minimum absolute atomic E-state index is 0.00507. The summed E-state index contributed by atoms with van der Waals surface area (Å²) in [6.07, 6.45) is 0.780. The fourth-order valence-corrected chi connectivity index (χ4v) is 1.76. The van der Waals surface area contributed by atoms with Crippen molar-refractivity contribution in [3.63, 3.8) is 0 Å². The molecule has 0 aliphatic rings. The summed E-state index contributed by atoms with van der Waals surface area (Å²) in [6, 6.07) is 7.46. The number of hydrogen-bond acceptors (Lipinski definition) is 2. The molecule has 3 nitrogen and oxygen atoms in total. The number of hydrogen-bond donors (Lipinski definition) is 2. The molecule has 1 amide bonds. The van der Waals surface area contributed by atoms with Crippen LogP contribution in [0.25, 0.3) is 0 Å². The van der Waals surface area contributed by atoms with Crippen LogP contribution in [0.5, 0.6) is 0 Å². The molecule has 0 bridgehead atoms. The molecular weight excluding hydrogens is 248 g/mol. The molecule has 1 aromatic carbocycles. The van der Waals surface area contributed by atoms with Crippen molar-refractivity contribution in [2.45, 2.75) is 38.6 Å². The Hall–Kier alpha value is -1.06. The highest BCUT2D eigenvalue weighted by atomic mass is 35.5. The fourth-order valence-electron chi connectivity index (χ4n) is 1.63. The normalized spacial score (nSPS) is 13.2. The number of rotatable bonds is 5. The Morgan fingerprint density at radius 2 is 1.94 bits per heavy atom. The molecule has 0 heterocycles. The van der Waals surface area contributed by atoms with Gasteiger partial charge in [0.1, 0.15) is 0 Å². The van der Waals surface area contributed by atoms with E-state index >= 15 is 0 Å². The Labute approximate surface area is 114 Å². The Kier molecular flexibility index (Phi) is 5.17. The molecule has 100 valence electrons. The summed E-state index contributed by atoms with van der Waals surface area (Å²) in [7, 11) is 0. The quantitative estimate of drug-likeness (QED) is 0.862. The summed E-state index contributed by atoms with van der Waals surface area (Å²) in [5.41, 5.74) is 6.03. The summed E-state index contributed by atoms with van der Waals surface area (Å²) < 4.78 is 0. The standard InChI is InChI=1S/C14H21ClN2O/c1-10(16)8-9-17-13(18)14(2,3)11-4-6-12(15)7-5-11/h4-7,10H,8-9,16H2,1-3H3,(H,17,18). The highest BCUT2D eigenvalue weighted by Gasteiger charge is 2.29. The van der Waals surface area contributed by atoms with Gasteiger partial charge >= 0.3 is 0 Å². The molecule has 0 saturated carbocycles. The topological polar surface area (TPSA) is 55.1 Å². The van der Waals surface area contributed by atoms with Crippen LogP contribution in [0.3, 0.4) is 0 Å². The lowest BCUT2D eigenvalue weighted by Gasteiger charge is -2.24. The first kappa shape index (κ1) is 15.0. The van der Waals surface area contributed by atoms with Crippen molar-refractivity contribution in [1.82, 2.24) is 5.32 Å². The van der Waals surface area contributed by atoms with Crippen molar-refractivity contribution in [2.75, 3.05) is 6.54 Å². The lowest BCUT2D eigenvalue weighted by atomic mass is 9.84. The van der Waals surface area contributed by atoms with Crippen molar-refractivity contribution in [2.24, 2.45) is 5.73 Å². The molecule has 18 heavy (non-hydrogen) atoms. The molecule has 0 aliphatic carbocycles. The summed E-state index contributed by atoms with van der Waals surface area (Å²) >= 11 is 5.85. The van der Waals surface area contributed by atoms with Crippen molar-refractivity contribution in [3.05, 3.63) is 34.9 Å². The van der Waals surface area contributed by atoms with Crippen molar-refractivity contribution in [1.29, 1.82) is 0 Å². The van der Waals surface area contributed by atoms with Crippen LogP contribution in [0.2, 0.25) is 5.02 Å².